The second-order valence-electron chi connectivity index (χ2n) is 9.57. The molecule has 0 heterocycles. The van der Waals surface area contributed by atoms with Gasteiger partial charge in [-0.3, -0.25) is 23.3 Å². The van der Waals surface area contributed by atoms with E-state index < -0.39 is 91.3 Å². The first-order valence-corrected chi connectivity index (χ1v) is 17.7. The minimum Gasteiger partial charge on any atom is -0.756 e. The van der Waals surface area contributed by atoms with Gasteiger partial charge >= 0.3 is 101 Å². The van der Waals surface area contributed by atoms with Crippen molar-refractivity contribution in [2.75, 3.05) is 13.2 Å². The van der Waals surface area contributed by atoms with Gasteiger partial charge in [0, 0.05) is 12.8 Å². The normalized spacial score (nSPS) is 27.2. The third kappa shape index (κ3) is 21.5. The van der Waals surface area contributed by atoms with E-state index in [1.54, 1.807) is 0 Å². The summed E-state index contributed by atoms with van der Waals surface area (Å²) in [4.78, 5) is 77.1. The van der Waals surface area contributed by atoms with Gasteiger partial charge in [-0.2, -0.15) is 0 Å². The zero-order valence-corrected chi connectivity index (χ0v) is 35.1. The number of carbonyl (C=O) groups is 2. The maximum atomic E-state index is 12.6. The first-order valence-electron chi connectivity index (χ1n) is 13.3. The zero-order valence-electron chi connectivity index (χ0n) is 26.4. The molecule has 0 bridgehead atoms. The fourth-order valence-electron chi connectivity index (χ4n) is 3.86. The van der Waals surface area contributed by atoms with Crippen molar-refractivity contribution < 1.29 is 179 Å². The molecule has 1 saturated carbocycles. The summed E-state index contributed by atoms with van der Waals surface area (Å²) in [6.45, 7) is 2.17. The predicted octanol–water partition coefficient (Wildman–Crippen LogP) is -10.7. The first-order chi connectivity index (χ1) is 19.8. The minimum atomic E-state index is -5.80. The zero-order chi connectivity index (χ0) is 33.0. The van der Waals surface area contributed by atoms with E-state index in [-0.39, 0.29) is 102 Å². The summed E-state index contributed by atoms with van der Waals surface area (Å²) in [5.74, 6) is -1.43. The maximum Gasteiger partial charge on any atom is 1.00 e. The Kier molecular flexibility index (Phi) is 28.7. The molecule has 1 aliphatic rings. The molecular weight excluding hydrogens is 718 g/mol. The van der Waals surface area contributed by atoms with Crippen molar-refractivity contribution in [2.24, 2.45) is 0 Å². The predicted molar refractivity (Wildman–Crippen MR) is 135 cm³/mol. The number of esters is 2. The Bertz CT molecular complexity index is 992. The number of hydrogen-bond donors (Lipinski definition) is 5. The van der Waals surface area contributed by atoms with Crippen LogP contribution in [0.4, 0.5) is 0 Å². The second kappa shape index (κ2) is 25.2. The molecule has 0 amide bonds. The van der Waals surface area contributed by atoms with Crippen molar-refractivity contribution in [3.63, 3.8) is 0 Å². The standard InChI is InChI=1S/C21H41O19P3.3Na/c1-3-5-7-9-14(22)35-11-13(37-15(23)10-8-6-4-2)12-36-43(33,34)40-21-17(25)19(38-41(27,28)29)16(24)20(18(21)26)39-42(30,31)32;;;/h13,16-21,24-26H,3-12H2,1-2H3,(H,33,34)(H2,27,28,29)(H2,30,31,32);;;/q;3*+1/p-3/t13?,16?,17-,18-,19-,20+,21?;;;/m1.../s1. The number of aliphatic hydroxyl groups excluding tert-OH is 3. The molecule has 10 atom stereocenters. The minimum absolute atomic E-state index is 0. The van der Waals surface area contributed by atoms with Crippen LogP contribution in [0.2, 0.25) is 0 Å². The fourth-order valence-corrected chi connectivity index (χ4v) is 5.93. The van der Waals surface area contributed by atoms with E-state index in [0.29, 0.717) is 19.3 Å². The molecule has 1 aliphatic carbocycles. The number of rotatable bonds is 20. The molecule has 0 saturated heterocycles. The van der Waals surface area contributed by atoms with E-state index in [2.05, 4.69) is 18.1 Å². The smallest absolute Gasteiger partial charge is 0.756 e. The van der Waals surface area contributed by atoms with Crippen LogP contribution in [0.15, 0.2) is 0 Å². The summed E-state index contributed by atoms with van der Waals surface area (Å²) in [6, 6.07) is 0. The van der Waals surface area contributed by atoms with E-state index in [0.717, 1.165) is 19.3 Å². The van der Waals surface area contributed by atoms with Gasteiger partial charge in [-0.05, 0) is 12.8 Å². The first kappa shape index (κ1) is 52.5. The van der Waals surface area contributed by atoms with Crippen LogP contribution in [-0.4, -0.2) is 93.0 Å². The molecule has 0 aromatic carbocycles. The van der Waals surface area contributed by atoms with Crippen LogP contribution in [0.25, 0.3) is 0 Å². The molecule has 254 valence electrons. The average Bonchev–Trinajstić information content (AvgIpc) is 2.88. The van der Waals surface area contributed by atoms with Crippen LogP contribution in [0.3, 0.4) is 0 Å². The van der Waals surface area contributed by atoms with Gasteiger partial charge in [-0.15, -0.1) is 0 Å². The van der Waals surface area contributed by atoms with Gasteiger partial charge in [0.25, 0.3) is 23.5 Å². The van der Waals surface area contributed by atoms with Crippen LogP contribution < -0.4 is 103 Å². The number of unbranched alkanes of at least 4 members (excludes halogenated alkanes) is 4. The molecule has 0 spiro atoms. The van der Waals surface area contributed by atoms with Gasteiger partial charge in [0.1, 0.15) is 43.2 Å². The number of ether oxygens (including phenoxy) is 2. The van der Waals surface area contributed by atoms with Crippen LogP contribution in [0.5, 0.6) is 0 Å². The van der Waals surface area contributed by atoms with E-state index in [1.807, 2.05) is 13.8 Å². The molecule has 1 rings (SSSR count). The Balaban J connectivity index is -0.00000616. The molecule has 0 aliphatic heterocycles. The Labute approximate surface area is 332 Å². The Morgan fingerprint density at radius 1 is 0.674 bits per heavy atom. The molecule has 0 radical (unpaired) electrons. The van der Waals surface area contributed by atoms with Gasteiger partial charge < -0.3 is 67.4 Å². The molecule has 19 nitrogen and oxygen atoms in total. The van der Waals surface area contributed by atoms with Crippen LogP contribution in [0.1, 0.15) is 65.2 Å². The van der Waals surface area contributed by atoms with Gasteiger partial charge in [0.15, 0.2) is 6.10 Å². The van der Waals surface area contributed by atoms with Crippen molar-refractivity contribution >= 4 is 35.4 Å². The van der Waals surface area contributed by atoms with E-state index in [4.69, 9.17) is 19.3 Å². The molecule has 0 aromatic heterocycles. The van der Waals surface area contributed by atoms with E-state index in [9.17, 15) is 53.3 Å². The third-order valence-corrected chi connectivity index (χ3v) is 7.88. The molecule has 1 fully saturated rings. The summed E-state index contributed by atoms with van der Waals surface area (Å²) in [5.41, 5.74) is 0. The number of hydrogen-bond acceptors (Lipinski definition) is 17. The van der Waals surface area contributed by atoms with Crippen molar-refractivity contribution in [1.29, 1.82) is 0 Å². The van der Waals surface area contributed by atoms with Gasteiger partial charge in [-0.25, -0.2) is 0 Å². The van der Waals surface area contributed by atoms with E-state index in [1.165, 1.54) is 0 Å². The van der Waals surface area contributed by atoms with Crippen LogP contribution >= 0.6 is 23.5 Å². The Morgan fingerprint density at radius 3 is 1.46 bits per heavy atom. The van der Waals surface area contributed by atoms with Crippen molar-refractivity contribution in [2.45, 2.75) is 108 Å². The molecule has 6 unspecified atom stereocenters. The second-order valence-corrected chi connectivity index (χ2v) is 13.2. The van der Waals surface area contributed by atoms with Gasteiger partial charge in [0.2, 0.25) is 0 Å². The monoisotopic (exact) mass is 756 g/mol. The number of phosphoric acid groups is 3. The number of aliphatic hydroxyl groups is 3. The third-order valence-electron chi connectivity index (χ3n) is 5.90. The SMILES string of the molecule is CCCCCC(=O)OCC(COP(=O)([O-])OC1[C@H](O)[C@H](OP(=O)([O-])O)C(O)[C@H](OP(=O)([O-])O)[C@H]1O)OC(=O)CCCCC.[Na+].[Na+].[Na+]. The van der Waals surface area contributed by atoms with Crippen molar-refractivity contribution in [3.8, 4) is 0 Å². The molecule has 0 aromatic rings. The van der Waals surface area contributed by atoms with E-state index >= 15 is 0 Å². The molecule has 5 N–H and O–H groups in total. The summed E-state index contributed by atoms with van der Waals surface area (Å²) >= 11 is 0. The quantitative estimate of drug-likeness (QED) is 0.0333. The summed E-state index contributed by atoms with van der Waals surface area (Å²) in [6.07, 6.45) is -13.0. The van der Waals surface area contributed by atoms with Crippen LogP contribution in [-0.2, 0) is 50.9 Å². The summed E-state index contributed by atoms with van der Waals surface area (Å²) in [5, 5.41) is 31.0. The summed E-state index contributed by atoms with van der Waals surface area (Å²) < 4.78 is 62.6. The summed E-state index contributed by atoms with van der Waals surface area (Å²) in [7, 11) is -17.3. The number of carbonyl (C=O) groups excluding carboxylic acids is 2. The Morgan fingerprint density at radius 2 is 1.07 bits per heavy atom. The van der Waals surface area contributed by atoms with Crippen molar-refractivity contribution in [3.05, 3.63) is 0 Å². The van der Waals surface area contributed by atoms with Crippen LogP contribution in [0, 0.1) is 0 Å². The van der Waals surface area contributed by atoms with Gasteiger partial charge in [0.05, 0.1) is 6.61 Å². The average molecular weight is 756 g/mol. The van der Waals surface area contributed by atoms with Crippen molar-refractivity contribution in [1.82, 2.24) is 0 Å². The largest absolute Gasteiger partial charge is 1.00 e. The maximum absolute atomic E-state index is 12.6. The number of phosphoric ester groups is 3. The van der Waals surface area contributed by atoms with Gasteiger partial charge in [-0.1, -0.05) is 39.5 Å². The Hall–Kier alpha value is 2.15. The molecule has 46 heavy (non-hydrogen) atoms. The fraction of sp³-hybridized carbons (Fsp3) is 0.905. The molecular formula is C21H38Na3O19P3. The topological polar surface area (TPSA) is 311 Å². The molecule has 25 heteroatoms.